The van der Waals surface area contributed by atoms with Gasteiger partial charge < -0.3 is 10.8 Å². The highest BCUT2D eigenvalue weighted by Crippen LogP contribution is 2.27. The number of phenols is 1. The van der Waals surface area contributed by atoms with Gasteiger partial charge in [-0.2, -0.15) is 8.42 Å². The summed E-state index contributed by atoms with van der Waals surface area (Å²) in [6.45, 7) is 0. The van der Waals surface area contributed by atoms with Crippen LogP contribution in [0.3, 0.4) is 0 Å². The largest absolute Gasteiger partial charge is 0.506 e. The van der Waals surface area contributed by atoms with Crippen LogP contribution in [-0.2, 0) is 10.1 Å². The first-order valence-electron chi connectivity index (χ1n) is 4.04. The normalized spacial score (nSPS) is 12.8. The lowest BCUT2D eigenvalue weighted by Crippen LogP contribution is -2.12. The second-order valence-corrected chi connectivity index (χ2v) is 4.52. The van der Waals surface area contributed by atoms with Crippen LogP contribution in [0.2, 0.25) is 0 Å². The highest BCUT2D eigenvalue weighted by molar-refractivity contribution is 7.86. The number of aromatic hydroxyl groups is 1. The second kappa shape index (κ2) is 4.69. The number of halogens is 1. The summed E-state index contributed by atoms with van der Waals surface area (Å²) in [5.41, 5.74) is 5.59. The summed E-state index contributed by atoms with van der Waals surface area (Å²) >= 11 is 5.39. The summed E-state index contributed by atoms with van der Waals surface area (Å²) in [7, 11) is -4.44. The third-order valence-corrected chi connectivity index (χ3v) is 2.80. The van der Waals surface area contributed by atoms with Crippen molar-refractivity contribution in [2.75, 3.05) is 5.88 Å². The van der Waals surface area contributed by atoms with E-state index in [4.69, 9.17) is 21.9 Å². The molecule has 0 unspecified atom stereocenters. The fraction of sp³-hybridized carbons (Fsp3) is 0.125. The number of nitrogens with zero attached hydrogens (tertiary/aromatic N) is 1. The lowest BCUT2D eigenvalue weighted by Gasteiger charge is -2.02. The van der Waals surface area contributed by atoms with Gasteiger partial charge in [-0.25, -0.2) is 4.99 Å². The Bertz CT molecular complexity index is 527. The van der Waals surface area contributed by atoms with Gasteiger partial charge in [0, 0.05) is 6.07 Å². The molecule has 1 rings (SSSR count). The van der Waals surface area contributed by atoms with E-state index in [2.05, 4.69) is 4.99 Å². The lowest BCUT2D eigenvalue weighted by molar-refractivity contribution is 0.443. The van der Waals surface area contributed by atoms with Crippen LogP contribution >= 0.6 is 11.6 Å². The summed E-state index contributed by atoms with van der Waals surface area (Å²) < 4.78 is 30.2. The van der Waals surface area contributed by atoms with Crippen LogP contribution in [0.1, 0.15) is 0 Å². The first kappa shape index (κ1) is 12.8. The number of phenolic OH excluding ortho intramolecular Hbond substituents is 1. The summed E-state index contributed by atoms with van der Waals surface area (Å²) in [5.74, 6) is -0.465. The van der Waals surface area contributed by atoms with Crippen molar-refractivity contribution in [2.24, 2.45) is 10.7 Å². The topological polar surface area (TPSA) is 113 Å². The van der Waals surface area contributed by atoms with Crippen molar-refractivity contribution < 1.29 is 18.1 Å². The van der Waals surface area contributed by atoms with Crippen LogP contribution < -0.4 is 5.73 Å². The number of hydrogen-bond acceptors (Lipinski definition) is 4. The third-order valence-electron chi connectivity index (χ3n) is 1.63. The van der Waals surface area contributed by atoms with Gasteiger partial charge in [0.1, 0.15) is 16.5 Å². The molecule has 0 saturated carbocycles. The number of amidine groups is 1. The Kier molecular flexibility index (Phi) is 3.74. The van der Waals surface area contributed by atoms with Gasteiger partial charge in [-0.3, -0.25) is 4.55 Å². The number of rotatable bonds is 3. The number of alkyl halides is 1. The van der Waals surface area contributed by atoms with Gasteiger partial charge in [0.15, 0.2) is 0 Å². The summed E-state index contributed by atoms with van der Waals surface area (Å²) in [5, 5.41) is 9.33. The molecular weight excluding hydrogens is 256 g/mol. The van der Waals surface area contributed by atoms with Crippen LogP contribution in [-0.4, -0.2) is 29.8 Å². The first-order chi connectivity index (χ1) is 7.34. The van der Waals surface area contributed by atoms with E-state index >= 15 is 0 Å². The molecule has 0 saturated heterocycles. The zero-order valence-electron chi connectivity index (χ0n) is 7.96. The maximum absolute atomic E-state index is 10.8. The first-order valence-corrected chi connectivity index (χ1v) is 6.01. The molecule has 0 aliphatic rings. The van der Waals surface area contributed by atoms with Gasteiger partial charge in [0.05, 0.1) is 11.6 Å². The molecule has 0 fully saturated rings. The van der Waals surface area contributed by atoms with E-state index < -0.39 is 20.8 Å². The smallest absolute Gasteiger partial charge is 0.298 e. The number of hydrogen-bond donors (Lipinski definition) is 3. The Balaban J connectivity index is 3.20. The molecule has 0 aromatic heterocycles. The maximum atomic E-state index is 10.8. The molecule has 88 valence electrons. The highest BCUT2D eigenvalue weighted by atomic mass is 35.5. The number of aliphatic imine (C=N–C) groups is 1. The predicted molar refractivity (Wildman–Crippen MR) is 59.9 cm³/mol. The zero-order chi connectivity index (χ0) is 12.3. The molecule has 0 spiro atoms. The van der Waals surface area contributed by atoms with Crippen LogP contribution in [0.25, 0.3) is 0 Å². The van der Waals surface area contributed by atoms with Crippen molar-refractivity contribution in [1.82, 2.24) is 0 Å². The minimum atomic E-state index is -4.44. The summed E-state index contributed by atoms with van der Waals surface area (Å²) in [4.78, 5) is 3.20. The Morgan fingerprint density at radius 1 is 1.50 bits per heavy atom. The predicted octanol–water partition coefficient (Wildman–Crippen LogP) is 0.866. The van der Waals surface area contributed by atoms with E-state index in [1.807, 2.05) is 0 Å². The molecule has 16 heavy (non-hydrogen) atoms. The van der Waals surface area contributed by atoms with Crippen LogP contribution in [0.5, 0.6) is 5.75 Å². The van der Waals surface area contributed by atoms with E-state index in [0.29, 0.717) is 0 Å². The van der Waals surface area contributed by atoms with Crippen molar-refractivity contribution in [2.45, 2.75) is 4.90 Å². The summed E-state index contributed by atoms with van der Waals surface area (Å²) in [6.07, 6.45) is 0. The number of benzene rings is 1. The van der Waals surface area contributed by atoms with Crippen molar-refractivity contribution in [3.8, 4) is 5.75 Å². The number of nitrogens with two attached hydrogens (primary N) is 1. The van der Waals surface area contributed by atoms with Gasteiger partial charge >= 0.3 is 0 Å². The van der Waals surface area contributed by atoms with Crippen molar-refractivity contribution in [3.05, 3.63) is 18.2 Å². The Morgan fingerprint density at radius 2 is 2.12 bits per heavy atom. The van der Waals surface area contributed by atoms with Crippen molar-refractivity contribution in [1.29, 1.82) is 0 Å². The maximum Gasteiger partial charge on any atom is 0.298 e. The fourth-order valence-electron chi connectivity index (χ4n) is 0.989. The standard InChI is InChI=1S/C8H9ClN2O4S/c9-4-8(10)11-5-1-2-7(6(12)3-5)16(13,14)15/h1-3,12H,4H2,(H2,10,11)(H,13,14,15). The van der Waals surface area contributed by atoms with Crippen molar-refractivity contribution in [3.63, 3.8) is 0 Å². The molecule has 1 aromatic carbocycles. The van der Waals surface area contributed by atoms with Gasteiger partial charge in [-0.05, 0) is 12.1 Å². The average molecular weight is 265 g/mol. The Morgan fingerprint density at radius 3 is 2.56 bits per heavy atom. The van der Waals surface area contributed by atoms with E-state index in [1.54, 1.807) is 0 Å². The summed E-state index contributed by atoms with van der Waals surface area (Å²) in [6, 6.07) is 3.36. The average Bonchev–Trinajstić information content (AvgIpc) is 2.15. The minimum absolute atomic E-state index is 0.0147. The molecule has 8 heteroatoms. The minimum Gasteiger partial charge on any atom is -0.506 e. The molecule has 6 nitrogen and oxygen atoms in total. The molecule has 4 N–H and O–H groups in total. The highest BCUT2D eigenvalue weighted by Gasteiger charge is 2.15. The SMILES string of the molecule is NC(CCl)=Nc1ccc(S(=O)(=O)O)c(O)c1. The van der Waals surface area contributed by atoms with E-state index in [9.17, 15) is 13.5 Å². The van der Waals surface area contributed by atoms with Gasteiger partial charge in [-0.15, -0.1) is 11.6 Å². The molecule has 0 aliphatic heterocycles. The van der Waals surface area contributed by atoms with E-state index in [1.165, 1.54) is 6.07 Å². The molecular formula is C8H9ClN2O4S. The Hall–Kier alpha value is -1.31. The van der Waals surface area contributed by atoms with Gasteiger partial charge in [0.2, 0.25) is 0 Å². The zero-order valence-corrected chi connectivity index (χ0v) is 9.53. The molecule has 0 atom stereocenters. The van der Waals surface area contributed by atoms with Crippen LogP contribution in [0, 0.1) is 0 Å². The quantitative estimate of drug-likeness (QED) is 0.324. The van der Waals surface area contributed by atoms with Crippen LogP contribution in [0.4, 0.5) is 5.69 Å². The lowest BCUT2D eigenvalue weighted by atomic mass is 10.3. The Labute approximate surface area is 97.1 Å². The fourth-order valence-corrected chi connectivity index (χ4v) is 1.61. The third kappa shape index (κ3) is 3.09. The monoisotopic (exact) mass is 264 g/mol. The van der Waals surface area contributed by atoms with E-state index in [-0.39, 0.29) is 17.4 Å². The van der Waals surface area contributed by atoms with E-state index in [0.717, 1.165) is 12.1 Å². The molecule has 1 aromatic rings. The molecule has 0 radical (unpaired) electrons. The molecule has 0 aliphatic carbocycles. The molecule has 0 heterocycles. The van der Waals surface area contributed by atoms with Gasteiger partial charge in [-0.1, -0.05) is 0 Å². The van der Waals surface area contributed by atoms with Crippen LogP contribution in [0.15, 0.2) is 28.1 Å². The molecule has 0 amide bonds. The molecule has 0 bridgehead atoms. The second-order valence-electron chi connectivity index (χ2n) is 2.86. The van der Waals surface area contributed by atoms with Crippen molar-refractivity contribution >= 4 is 33.2 Å². The van der Waals surface area contributed by atoms with Gasteiger partial charge in [0.25, 0.3) is 10.1 Å².